The van der Waals surface area contributed by atoms with Gasteiger partial charge in [-0.05, 0) is 35.7 Å². The van der Waals surface area contributed by atoms with E-state index in [1.54, 1.807) is 4.68 Å². The number of pyridine rings is 1. The van der Waals surface area contributed by atoms with Crippen LogP contribution >= 0.6 is 0 Å². The maximum atomic E-state index is 9.41. The summed E-state index contributed by atoms with van der Waals surface area (Å²) in [5.41, 5.74) is 3.50. The van der Waals surface area contributed by atoms with Gasteiger partial charge in [0.05, 0.1) is 12.1 Å². The third-order valence-electron chi connectivity index (χ3n) is 3.23. The molecular formula is C15H16N4O. The predicted octanol–water partition coefficient (Wildman–Crippen LogP) is 2.43. The number of aromatic nitrogens is 4. The van der Waals surface area contributed by atoms with E-state index in [9.17, 15) is 5.11 Å². The molecule has 1 aromatic carbocycles. The van der Waals surface area contributed by atoms with Gasteiger partial charge in [0.15, 0.2) is 5.82 Å². The Bertz CT molecular complexity index is 748. The Morgan fingerprint density at radius 1 is 1.20 bits per heavy atom. The van der Waals surface area contributed by atoms with Crippen LogP contribution in [0.2, 0.25) is 0 Å². The summed E-state index contributed by atoms with van der Waals surface area (Å²) < 4.78 is 1.71. The van der Waals surface area contributed by atoms with E-state index < -0.39 is 0 Å². The molecule has 0 fully saturated rings. The number of aliphatic hydroxyl groups is 1. The third-order valence-corrected chi connectivity index (χ3v) is 3.23. The normalized spacial score (nSPS) is 11.4. The van der Waals surface area contributed by atoms with Crippen molar-refractivity contribution in [3.05, 3.63) is 47.7 Å². The van der Waals surface area contributed by atoms with Crippen molar-refractivity contribution in [2.75, 3.05) is 0 Å². The zero-order valence-corrected chi connectivity index (χ0v) is 11.5. The SMILES string of the molecule is CC(C)c1cc(CO)cc(-n2nnc3ccccc32)n1. The lowest BCUT2D eigenvalue weighted by Gasteiger charge is -2.10. The van der Waals surface area contributed by atoms with E-state index in [1.807, 2.05) is 36.4 Å². The fraction of sp³-hybridized carbons (Fsp3) is 0.267. The summed E-state index contributed by atoms with van der Waals surface area (Å²) in [5, 5.41) is 17.7. The van der Waals surface area contributed by atoms with Gasteiger partial charge in [0.25, 0.3) is 0 Å². The summed E-state index contributed by atoms with van der Waals surface area (Å²) in [7, 11) is 0. The molecule has 5 nitrogen and oxygen atoms in total. The van der Waals surface area contributed by atoms with E-state index in [4.69, 9.17) is 0 Å². The molecule has 0 aliphatic rings. The van der Waals surface area contributed by atoms with E-state index in [2.05, 4.69) is 29.1 Å². The van der Waals surface area contributed by atoms with Crippen LogP contribution in [0, 0.1) is 0 Å². The Kier molecular flexibility index (Phi) is 3.20. The highest BCUT2D eigenvalue weighted by Crippen LogP contribution is 2.19. The van der Waals surface area contributed by atoms with Crippen molar-refractivity contribution in [1.29, 1.82) is 0 Å². The van der Waals surface area contributed by atoms with Gasteiger partial charge in [0, 0.05) is 5.69 Å². The van der Waals surface area contributed by atoms with Crippen LogP contribution in [0.1, 0.15) is 31.0 Å². The van der Waals surface area contributed by atoms with E-state index in [-0.39, 0.29) is 12.5 Å². The molecule has 0 atom stereocenters. The molecule has 102 valence electrons. The number of hydrogen-bond donors (Lipinski definition) is 1. The van der Waals surface area contributed by atoms with Crippen molar-refractivity contribution in [1.82, 2.24) is 20.0 Å². The average Bonchev–Trinajstić information content (AvgIpc) is 2.90. The van der Waals surface area contributed by atoms with Gasteiger partial charge in [-0.1, -0.05) is 31.2 Å². The van der Waals surface area contributed by atoms with Crippen LogP contribution in [-0.4, -0.2) is 25.1 Å². The van der Waals surface area contributed by atoms with Crippen LogP contribution in [0.4, 0.5) is 0 Å². The molecule has 0 saturated heterocycles. The molecule has 5 heteroatoms. The fourth-order valence-corrected chi connectivity index (χ4v) is 2.13. The van der Waals surface area contributed by atoms with Gasteiger partial charge in [-0.2, -0.15) is 4.68 Å². The summed E-state index contributed by atoms with van der Waals surface area (Å²) in [5.74, 6) is 0.976. The van der Waals surface area contributed by atoms with Crippen LogP contribution in [-0.2, 0) is 6.61 Å². The maximum absolute atomic E-state index is 9.41. The van der Waals surface area contributed by atoms with Gasteiger partial charge in [-0.3, -0.25) is 0 Å². The minimum absolute atomic E-state index is 0.0120. The van der Waals surface area contributed by atoms with Crippen LogP contribution in [0.15, 0.2) is 36.4 Å². The highest BCUT2D eigenvalue weighted by Gasteiger charge is 2.11. The molecule has 3 rings (SSSR count). The number of aliphatic hydroxyl groups excluding tert-OH is 1. The van der Waals surface area contributed by atoms with Crippen molar-refractivity contribution < 1.29 is 5.11 Å². The van der Waals surface area contributed by atoms with Gasteiger partial charge in [0.1, 0.15) is 5.52 Å². The van der Waals surface area contributed by atoms with Crippen LogP contribution < -0.4 is 0 Å². The smallest absolute Gasteiger partial charge is 0.156 e. The first-order chi connectivity index (χ1) is 9.69. The lowest BCUT2D eigenvalue weighted by molar-refractivity contribution is 0.281. The number of benzene rings is 1. The maximum Gasteiger partial charge on any atom is 0.156 e. The molecule has 0 bridgehead atoms. The van der Waals surface area contributed by atoms with Gasteiger partial charge >= 0.3 is 0 Å². The number of hydrogen-bond acceptors (Lipinski definition) is 4. The predicted molar refractivity (Wildman–Crippen MR) is 76.7 cm³/mol. The molecule has 1 N–H and O–H groups in total. The second-order valence-electron chi connectivity index (χ2n) is 5.06. The Hall–Kier alpha value is -2.27. The molecule has 0 aliphatic heterocycles. The summed E-state index contributed by atoms with van der Waals surface area (Å²) >= 11 is 0. The third kappa shape index (κ3) is 2.16. The largest absolute Gasteiger partial charge is 0.392 e. The molecule has 2 aromatic heterocycles. The second kappa shape index (κ2) is 5.02. The monoisotopic (exact) mass is 268 g/mol. The van der Waals surface area contributed by atoms with E-state index in [1.165, 1.54) is 0 Å². The highest BCUT2D eigenvalue weighted by atomic mass is 16.3. The van der Waals surface area contributed by atoms with Crippen molar-refractivity contribution in [2.24, 2.45) is 0 Å². The van der Waals surface area contributed by atoms with E-state index in [0.29, 0.717) is 5.82 Å². The molecule has 0 radical (unpaired) electrons. The summed E-state index contributed by atoms with van der Waals surface area (Å²) in [4.78, 5) is 4.62. The van der Waals surface area contributed by atoms with Gasteiger partial charge < -0.3 is 5.11 Å². The zero-order chi connectivity index (χ0) is 14.1. The summed E-state index contributed by atoms with van der Waals surface area (Å²) in [6.07, 6.45) is 0. The number of nitrogens with zero attached hydrogens (tertiary/aromatic N) is 4. The van der Waals surface area contributed by atoms with Gasteiger partial charge in [0.2, 0.25) is 0 Å². The lowest BCUT2D eigenvalue weighted by Crippen LogP contribution is -2.05. The van der Waals surface area contributed by atoms with E-state index >= 15 is 0 Å². The first-order valence-corrected chi connectivity index (χ1v) is 6.61. The molecule has 0 saturated carbocycles. The lowest BCUT2D eigenvalue weighted by atomic mass is 10.1. The first-order valence-electron chi connectivity index (χ1n) is 6.61. The Labute approximate surface area is 116 Å². The minimum Gasteiger partial charge on any atom is -0.392 e. The van der Waals surface area contributed by atoms with E-state index in [0.717, 1.165) is 22.3 Å². The number of para-hydroxylation sites is 1. The standard InChI is InChI=1S/C15H16N4O/c1-10(2)13-7-11(9-20)8-15(16-13)19-14-6-4-3-5-12(14)17-18-19/h3-8,10,20H,9H2,1-2H3. The van der Waals surface area contributed by atoms with Crippen LogP contribution in [0.25, 0.3) is 16.9 Å². The number of rotatable bonds is 3. The molecule has 2 heterocycles. The molecule has 20 heavy (non-hydrogen) atoms. The zero-order valence-electron chi connectivity index (χ0n) is 11.5. The molecular weight excluding hydrogens is 252 g/mol. The number of fused-ring (bicyclic) bond motifs is 1. The quantitative estimate of drug-likeness (QED) is 0.792. The van der Waals surface area contributed by atoms with Crippen molar-refractivity contribution in [2.45, 2.75) is 26.4 Å². The second-order valence-corrected chi connectivity index (χ2v) is 5.06. The Balaban J connectivity index is 2.20. The molecule has 0 unspecified atom stereocenters. The minimum atomic E-state index is -0.0120. The van der Waals surface area contributed by atoms with Crippen molar-refractivity contribution in [3.8, 4) is 5.82 Å². The molecule has 0 aliphatic carbocycles. The molecule has 3 aromatic rings. The fourth-order valence-electron chi connectivity index (χ4n) is 2.13. The summed E-state index contributed by atoms with van der Waals surface area (Å²) in [6, 6.07) is 11.5. The van der Waals surface area contributed by atoms with Crippen LogP contribution in [0.3, 0.4) is 0 Å². The van der Waals surface area contributed by atoms with Crippen molar-refractivity contribution in [3.63, 3.8) is 0 Å². The molecule has 0 amide bonds. The van der Waals surface area contributed by atoms with Crippen molar-refractivity contribution >= 4 is 11.0 Å². The van der Waals surface area contributed by atoms with Gasteiger partial charge in [-0.15, -0.1) is 5.10 Å². The average molecular weight is 268 g/mol. The first kappa shape index (κ1) is 12.7. The topological polar surface area (TPSA) is 63.8 Å². The Morgan fingerprint density at radius 2 is 2.00 bits per heavy atom. The van der Waals surface area contributed by atoms with Crippen LogP contribution in [0.5, 0.6) is 0 Å². The Morgan fingerprint density at radius 3 is 2.75 bits per heavy atom. The van der Waals surface area contributed by atoms with Gasteiger partial charge in [-0.25, -0.2) is 4.98 Å². The summed E-state index contributed by atoms with van der Waals surface area (Å²) in [6.45, 7) is 4.14. The highest BCUT2D eigenvalue weighted by molar-refractivity contribution is 5.75. The molecule has 0 spiro atoms.